The van der Waals surface area contributed by atoms with Gasteiger partial charge in [0.05, 0.1) is 0 Å². The van der Waals surface area contributed by atoms with E-state index in [1.54, 1.807) is 6.07 Å². The maximum absolute atomic E-state index is 12.4. The molecule has 0 radical (unpaired) electrons. The van der Waals surface area contributed by atoms with Gasteiger partial charge in [-0.3, -0.25) is 4.79 Å². The third-order valence-electron chi connectivity index (χ3n) is 3.50. The molecule has 0 spiro atoms. The normalized spacial score (nSPS) is 16.2. The number of nitrogens with zero attached hydrogens (tertiary/aromatic N) is 1. The molecule has 19 heavy (non-hydrogen) atoms. The van der Waals surface area contributed by atoms with E-state index in [2.05, 4.69) is 0 Å². The predicted molar refractivity (Wildman–Crippen MR) is 69.1 cm³/mol. The van der Waals surface area contributed by atoms with Gasteiger partial charge in [0, 0.05) is 12.5 Å². The summed E-state index contributed by atoms with van der Waals surface area (Å²) in [6.45, 7) is 5.38. The van der Waals surface area contributed by atoms with Crippen LogP contribution >= 0.6 is 0 Å². The molecule has 1 N–H and O–H groups in total. The SMILES string of the molecule is CCc1oc(C(=O)N(C2CC2)C(C)C(=O)O)cc1C. The first kappa shape index (κ1) is 13.6. The van der Waals surface area contributed by atoms with Crippen LogP contribution in [0.5, 0.6) is 0 Å². The minimum absolute atomic E-state index is 0.0362. The highest BCUT2D eigenvalue weighted by Crippen LogP contribution is 2.31. The van der Waals surface area contributed by atoms with E-state index in [4.69, 9.17) is 9.52 Å². The molecule has 1 aromatic rings. The lowest BCUT2D eigenvalue weighted by atomic mass is 10.2. The Morgan fingerprint density at radius 3 is 2.58 bits per heavy atom. The van der Waals surface area contributed by atoms with Crippen molar-refractivity contribution in [2.75, 3.05) is 0 Å². The van der Waals surface area contributed by atoms with Crippen LogP contribution in [-0.2, 0) is 11.2 Å². The van der Waals surface area contributed by atoms with E-state index >= 15 is 0 Å². The molecular formula is C14H19NO4. The van der Waals surface area contributed by atoms with Gasteiger partial charge in [-0.15, -0.1) is 0 Å². The number of carbonyl (C=O) groups excluding carboxylic acids is 1. The smallest absolute Gasteiger partial charge is 0.326 e. The molecule has 0 aromatic carbocycles. The third-order valence-corrected chi connectivity index (χ3v) is 3.50. The van der Waals surface area contributed by atoms with Gasteiger partial charge in [-0.1, -0.05) is 6.92 Å². The number of carboxylic acids is 1. The van der Waals surface area contributed by atoms with Gasteiger partial charge in [-0.25, -0.2) is 4.79 Å². The van der Waals surface area contributed by atoms with Gasteiger partial charge in [-0.05, 0) is 38.3 Å². The summed E-state index contributed by atoms with van der Waals surface area (Å²) in [6, 6.07) is 0.912. The van der Waals surface area contributed by atoms with Crippen molar-refractivity contribution < 1.29 is 19.1 Å². The van der Waals surface area contributed by atoms with Crippen molar-refractivity contribution in [2.45, 2.75) is 52.1 Å². The predicted octanol–water partition coefficient (Wildman–Crippen LogP) is 2.23. The summed E-state index contributed by atoms with van der Waals surface area (Å²) in [7, 11) is 0. The second kappa shape index (κ2) is 5.07. The molecule has 1 fully saturated rings. The summed E-state index contributed by atoms with van der Waals surface area (Å²) >= 11 is 0. The van der Waals surface area contributed by atoms with Crippen molar-refractivity contribution in [3.63, 3.8) is 0 Å². The Labute approximate surface area is 112 Å². The average Bonchev–Trinajstić information content (AvgIpc) is 3.11. The number of carboxylic acid groups (broad SMARTS) is 1. The van der Waals surface area contributed by atoms with Gasteiger partial charge in [0.15, 0.2) is 5.76 Å². The van der Waals surface area contributed by atoms with Crippen LogP contribution in [0.4, 0.5) is 0 Å². The molecule has 1 aliphatic rings. The molecule has 1 aliphatic carbocycles. The lowest BCUT2D eigenvalue weighted by Crippen LogP contribution is -2.44. The maximum atomic E-state index is 12.4. The van der Waals surface area contributed by atoms with E-state index in [-0.39, 0.29) is 17.7 Å². The van der Waals surface area contributed by atoms with Gasteiger partial charge in [0.2, 0.25) is 0 Å². The first-order valence-corrected chi connectivity index (χ1v) is 6.60. The van der Waals surface area contributed by atoms with Crippen molar-refractivity contribution in [3.8, 4) is 0 Å². The third kappa shape index (κ3) is 2.64. The Balaban J connectivity index is 2.26. The molecule has 1 heterocycles. The number of aliphatic carboxylic acids is 1. The van der Waals surface area contributed by atoms with Crippen LogP contribution < -0.4 is 0 Å². The number of hydrogen-bond acceptors (Lipinski definition) is 3. The van der Waals surface area contributed by atoms with Crippen molar-refractivity contribution in [3.05, 3.63) is 23.2 Å². The summed E-state index contributed by atoms with van der Waals surface area (Å²) < 4.78 is 5.53. The number of rotatable bonds is 5. The highest BCUT2D eigenvalue weighted by molar-refractivity contribution is 5.95. The van der Waals surface area contributed by atoms with Crippen LogP contribution in [0.2, 0.25) is 0 Å². The number of aryl methyl sites for hydroxylation is 2. The quantitative estimate of drug-likeness (QED) is 0.886. The van der Waals surface area contributed by atoms with E-state index in [0.717, 1.165) is 30.6 Å². The van der Waals surface area contributed by atoms with E-state index < -0.39 is 12.0 Å². The zero-order valence-electron chi connectivity index (χ0n) is 11.5. The minimum Gasteiger partial charge on any atom is -0.480 e. The molecule has 1 amide bonds. The van der Waals surface area contributed by atoms with Crippen LogP contribution in [-0.4, -0.2) is 34.0 Å². The number of furan rings is 1. The zero-order chi connectivity index (χ0) is 14.2. The van der Waals surface area contributed by atoms with Crippen molar-refractivity contribution in [2.24, 2.45) is 0 Å². The van der Waals surface area contributed by atoms with Gasteiger partial charge >= 0.3 is 5.97 Å². The lowest BCUT2D eigenvalue weighted by molar-refractivity contribution is -0.141. The number of hydrogen-bond donors (Lipinski definition) is 1. The van der Waals surface area contributed by atoms with Crippen LogP contribution in [0.25, 0.3) is 0 Å². The van der Waals surface area contributed by atoms with E-state index in [1.807, 2.05) is 13.8 Å². The summed E-state index contributed by atoms with van der Waals surface area (Å²) in [5, 5.41) is 9.11. The Morgan fingerprint density at radius 1 is 1.53 bits per heavy atom. The van der Waals surface area contributed by atoms with Crippen LogP contribution in [0.3, 0.4) is 0 Å². The molecule has 1 atom stereocenters. The van der Waals surface area contributed by atoms with Gasteiger partial charge in [0.1, 0.15) is 11.8 Å². The highest BCUT2D eigenvalue weighted by Gasteiger charge is 2.39. The molecule has 5 heteroatoms. The van der Waals surface area contributed by atoms with Gasteiger partial charge in [-0.2, -0.15) is 0 Å². The van der Waals surface area contributed by atoms with E-state index in [0.29, 0.717) is 0 Å². The minimum atomic E-state index is -0.987. The molecule has 0 aliphatic heterocycles. The fourth-order valence-corrected chi connectivity index (χ4v) is 2.23. The molecule has 1 unspecified atom stereocenters. The molecule has 5 nitrogen and oxygen atoms in total. The Morgan fingerprint density at radius 2 is 2.16 bits per heavy atom. The van der Waals surface area contributed by atoms with Crippen molar-refractivity contribution in [1.82, 2.24) is 4.90 Å². The first-order chi connectivity index (χ1) is 8.95. The Bertz CT molecular complexity index is 502. The monoisotopic (exact) mass is 265 g/mol. The highest BCUT2D eigenvalue weighted by atomic mass is 16.4. The van der Waals surface area contributed by atoms with Gasteiger partial charge in [0.25, 0.3) is 5.91 Å². The maximum Gasteiger partial charge on any atom is 0.326 e. The molecule has 1 saturated carbocycles. The van der Waals surface area contributed by atoms with Crippen LogP contribution in [0.1, 0.15) is 48.6 Å². The summed E-state index contributed by atoms with van der Waals surface area (Å²) in [4.78, 5) is 25.0. The summed E-state index contributed by atoms with van der Waals surface area (Å²) in [5.74, 6) is -0.282. The second-order valence-corrected chi connectivity index (χ2v) is 5.03. The second-order valence-electron chi connectivity index (χ2n) is 5.03. The van der Waals surface area contributed by atoms with E-state index in [1.165, 1.54) is 11.8 Å². The molecule has 1 aromatic heterocycles. The molecule has 104 valence electrons. The van der Waals surface area contributed by atoms with Crippen LogP contribution in [0, 0.1) is 6.92 Å². The summed E-state index contributed by atoms with van der Waals surface area (Å²) in [5.41, 5.74) is 0.935. The fourth-order valence-electron chi connectivity index (χ4n) is 2.23. The average molecular weight is 265 g/mol. The number of carbonyl (C=O) groups is 2. The largest absolute Gasteiger partial charge is 0.480 e. The first-order valence-electron chi connectivity index (χ1n) is 6.60. The Kier molecular flexibility index (Phi) is 3.64. The zero-order valence-corrected chi connectivity index (χ0v) is 11.5. The molecule has 0 bridgehead atoms. The summed E-state index contributed by atoms with van der Waals surface area (Å²) in [6.07, 6.45) is 2.45. The molecular weight excluding hydrogens is 246 g/mol. The topological polar surface area (TPSA) is 70.8 Å². The van der Waals surface area contributed by atoms with Crippen molar-refractivity contribution >= 4 is 11.9 Å². The molecule has 0 saturated heterocycles. The number of amides is 1. The fraction of sp³-hybridized carbons (Fsp3) is 0.571. The molecule has 2 rings (SSSR count). The van der Waals surface area contributed by atoms with Crippen LogP contribution in [0.15, 0.2) is 10.5 Å². The Hall–Kier alpha value is -1.78. The lowest BCUT2D eigenvalue weighted by Gasteiger charge is -2.25. The van der Waals surface area contributed by atoms with Gasteiger partial charge < -0.3 is 14.4 Å². The standard InChI is InChI=1S/C14H19NO4/c1-4-11-8(2)7-12(19-11)13(16)15(10-5-6-10)9(3)14(17)18/h7,9-10H,4-6H2,1-3H3,(H,17,18). The van der Waals surface area contributed by atoms with E-state index in [9.17, 15) is 9.59 Å². The van der Waals surface area contributed by atoms with Crippen molar-refractivity contribution in [1.29, 1.82) is 0 Å².